The Labute approximate surface area is 154 Å². The van der Waals surface area contributed by atoms with Crippen molar-refractivity contribution in [2.45, 2.75) is 33.1 Å². The van der Waals surface area contributed by atoms with Gasteiger partial charge >= 0.3 is 0 Å². The first kappa shape index (κ1) is 16.7. The molecule has 0 fully saturated rings. The Morgan fingerprint density at radius 3 is 2.62 bits per heavy atom. The molecule has 0 atom stereocenters. The van der Waals surface area contributed by atoms with Gasteiger partial charge < -0.3 is 10.1 Å². The fraction of sp³-hybridized carbons (Fsp3) is 0.318. The minimum atomic E-state index is 0.901. The van der Waals surface area contributed by atoms with E-state index in [9.17, 15) is 0 Å². The van der Waals surface area contributed by atoms with Gasteiger partial charge in [0.2, 0.25) is 0 Å². The Kier molecular flexibility index (Phi) is 4.41. The van der Waals surface area contributed by atoms with Crippen LogP contribution in [0.1, 0.15) is 27.9 Å². The average Bonchev–Trinajstić information content (AvgIpc) is 3.24. The molecule has 4 heteroatoms. The first-order valence-electron chi connectivity index (χ1n) is 9.21. The zero-order valence-corrected chi connectivity index (χ0v) is 15.7. The number of nitrogens with zero attached hydrogens (tertiary/aromatic N) is 2. The van der Waals surface area contributed by atoms with Crippen LogP contribution in [0.15, 0.2) is 42.5 Å². The topological polar surface area (TPSA) is 39.1 Å². The molecule has 1 aliphatic rings. The summed E-state index contributed by atoms with van der Waals surface area (Å²) in [6, 6.07) is 14.9. The van der Waals surface area contributed by atoms with Crippen LogP contribution in [0.2, 0.25) is 0 Å². The predicted octanol–water partition coefficient (Wildman–Crippen LogP) is 4.25. The van der Waals surface area contributed by atoms with Crippen LogP contribution in [0, 0.1) is 13.8 Å². The van der Waals surface area contributed by atoms with E-state index in [1.807, 2.05) is 12.1 Å². The van der Waals surface area contributed by atoms with E-state index in [1.54, 1.807) is 7.11 Å². The molecule has 0 aliphatic carbocycles. The molecule has 4 nitrogen and oxygen atoms in total. The summed E-state index contributed by atoms with van der Waals surface area (Å²) in [7, 11) is 1.70. The van der Waals surface area contributed by atoms with E-state index >= 15 is 0 Å². The van der Waals surface area contributed by atoms with Crippen molar-refractivity contribution < 1.29 is 4.74 Å². The van der Waals surface area contributed by atoms with Crippen LogP contribution in [0.5, 0.6) is 5.75 Å². The molecule has 1 N–H and O–H groups in total. The van der Waals surface area contributed by atoms with Crippen LogP contribution in [-0.2, 0) is 19.3 Å². The van der Waals surface area contributed by atoms with Crippen LogP contribution in [0.4, 0.5) is 5.82 Å². The minimum Gasteiger partial charge on any atom is -0.497 e. The lowest BCUT2D eigenvalue weighted by Gasteiger charge is -2.10. The smallest absolute Gasteiger partial charge is 0.133 e. The Hall–Kier alpha value is -2.75. The monoisotopic (exact) mass is 347 g/mol. The molecule has 2 heterocycles. The number of hydrogen-bond acceptors (Lipinski definition) is 3. The number of aromatic nitrogens is 2. The van der Waals surface area contributed by atoms with Crippen molar-refractivity contribution in [3.05, 3.63) is 70.4 Å². The molecule has 1 aliphatic heterocycles. The molecule has 0 bridgehead atoms. The number of anilines is 1. The van der Waals surface area contributed by atoms with Gasteiger partial charge in [-0.05, 0) is 62.4 Å². The highest BCUT2D eigenvalue weighted by Gasteiger charge is 2.23. The van der Waals surface area contributed by atoms with E-state index in [1.165, 1.54) is 33.8 Å². The standard InChI is InChI=1S/C22H25N3O/c1-15-4-11-21(16(2)14-15)25-22-19(12-13-23-22)20(24-25)10-7-17-5-8-18(26-3)9-6-17/h4-6,8-9,11,14,23H,7,10,12-13H2,1-3H3. The van der Waals surface area contributed by atoms with Gasteiger partial charge in [-0.2, -0.15) is 5.10 Å². The number of hydrogen-bond donors (Lipinski definition) is 1. The zero-order valence-electron chi connectivity index (χ0n) is 15.7. The molecule has 1 aromatic heterocycles. The molecule has 0 saturated carbocycles. The van der Waals surface area contributed by atoms with Gasteiger partial charge in [0, 0.05) is 12.1 Å². The maximum Gasteiger partial charge on any atom is 0.133 e. The lowest BCUT2D eigenvalue weighted by atomic mass is 10.1. The molecule has 0 saturated heterocycles. The van der Waals surface area contributed by atoms with Crippen molar-refractivity contribution in [3.63, 3.8) is 0 Å². The molecule has 26 heavy (non-hydrogen) atoms. The summed E-state index contributed by atoms with van der Waals surface area (Å²) in [4.78, 5) is 0. The van der Waals surface area contributed by atoms with Gasteiger partial charge in [-0.1, -0.05) is 29.8 Å². The van der Waals surface area contributed by atoms with Gasteiger partial charge in [0.1, 0.15) is 11.6 Å². The molecule has 0 amide bonds. The SMILES string of the molecule is COc1ccc(CCc2nn(-c3ccc(C)cc3C)c3c2CCN3)cc1. The summed E-state index contributed by atoms with van der Waals surface area (Å²) in [5, 5.41) is 8.50. The summed E-state index contributed by atoms with van der Waals surface area (Å²) >= 11 is 0. The largest absolute Gasteiger partial charge is 0.497 e. The third kappa shape index (κ3) is 3.07. The van der Waals surface area contributed by atoms with Crippen LogP contribution >= 0.6 is 0 Å². The second-order valence-electron chi connectivity index (χ2n) is 7.00. The van der Waals surface area contributed by atoms with E-state index in [0.29, 0.717) is 0 Å². The number of aryl methyl sites for hydroxylation is 4. The quantitative estimate of drug-likeness (QED) is 0.750. The van der Waals surface area contributed by atoms with Crippen LogP contribution < -0.4 is 10.1 Å². The predicted molar refractivity (Wildman–Crippen MR) is 106 cm³/mol. The second kappa shape index (κ2) is 6.87. The highest BCUT2D eigenvalue weighted by Crippen LogP contribution is 2.30. The Bertz CT molecular complexity index is 925. The maximum absolute atomic E-state index is 5.24. The molecule has 134 valence electrons. The van der Waals surface area contributed by atoms with Gasteiger partial charge in [-0.25, -0.2) is 4.68 Å². The van der Waals surface area contributed by atoms with E-state index in [4.69, 9.17) is 9.84 Å². The number of rotatable bonds is 5. The summed E-state index contributed by atoms with van der Waals surface area (Å²) in [5.74, 6) is 2.07. The van der Waals surface area contributed by atoms with Crippen LogP contribution in [0.25, 0.3) is 5.69 Å². The van der Waals surface area contributed by atoms with E-state index < -0.39 is 0 Å². The summed E-state index contributed by atoms with van der Waals surface area (Å²) in [6.07, 6.45) is 2.99. The van der Waals surface area contributed by atoms with Gasteiger partial charge in [0.05, 0.1) is 18.5 Å². The third-order valence-electron chi connectivity index (χ3n) is 5.12. The number of fused-ring (bicyclic) bond motifs is 1. The van der Waals surface area contributed by atoms with Crippen LogP contribution in [-0.4, -0.2) is 23.4 Å². The number of methoxy groups -OCH3 is 1. The summed E-state index contributed by atoms with van der Waals surface area (Å²) < 4.78 is 7.34. The van der Waals surface area contributed by atoms with Gasteiger partial charge in [-0.15, -0.1) is 0 Å². The molecular formula is C22H25N3O. The van der Waals surface area contributed by atoms with Crippen molar-refractivity contribution in [1.82, 2.24) is 9.78 Å². The lowest BCUT2D eigenvalue weighted by Crippen LogP contribution is -2.06. The fourth-order valence-corrected chi connectivity index (χ4v) is 3.72. The zero-order chi connectivity index (χ0) is 18.1. The Morgan fingerprint density at radius 2 is 1.88 bits per heavy atom. The Morgan fingerprint density at radius 1 is 1.08 bits per heavy atom. The normalized spacial score (nSPS) is 12.7. The summed E-state index contributed by atoms with van der Waals surface area (Å²) in [6.45, 7) is 5.28. The molecule has 3 aromatic rings. The number of ether oxygens (including phenoxy) is 1. The van der Waals surface area contributed by atoms with Crippen molar-refractivity contribution in [3.8, 4) is 11.4 Å². The summed E-state index contributed by atoms with van der Waals surface area (Å²) in [5.41, 5.74) is 7.59. The van der Waals surface area contributed by atoms with E-state index in [0.717, 1.165) is 37.2 Å². The molecule has 4 rings (SSSR count). The third-order valence-corrected chi connectivity index (χ3v) is 5.12. The maximum atomic E-state index is 5.24. The average molecular weight is 347 g/mol. The first-order valence-corrected chi connectivity index (χ1v) is 9.21. The van der Waals surface area contributed by atoms with Crippen molar-refractivity contribution in [2.24, 2.45) is 0 Å². The number of benzene rings is 2. The molecule has 0 radical (unpaired) electrons. The van der Waals surface area contributed by atoms with E-state index in [2.05, 4.69) is 54.2 Å². The fourth-order valence-electron chi connectivity index (χ4n) is 3.72. The van der Waals surface area contributed by atoms with Gasteiger partial charge in [0.25, 0.3) is 0 Å². The van der Waals surface area contributed by atoms with E-state index in [-0.39, 0.29) is 0 Å². The second-order valence-corrected chi connectivity index (χ2v) is 7.00. The first-order chi connectivity index (χ1) is 12.7. The highest BCUT2D eigenvalue weighted by atomic mass is 16.5. The highest BCUT2D eigenvalue weighted by molar-refractivity contribution is 5.58. The van der Waals surface area contributed by atoms with Crippen molar-refractivity contribution in [2.75, 3.05) is 19.0 Å². The number of nitrogens with one attached hydrogen (secondary N) is 1. The van der Waals surface area contributed by atoms with Crippen LogP contribution in [0.3, 0.4) is 0 Å². The molecule has 0 spiro atoms. The van der Waals surface area contributed by atoms with Gasteiger partial charge in [-0.3, -0.25) is 0 Å². The Balaban J connectivity index is 1.61. The lowest BCUT2D eigenvalue weighted by molar-refractivity contribution is 0.414. The molecular weight excluding hydrogens is 322 g/mol. The van der Waals surface area contributed by atoms with Gasteiger partial charge in [0.15, 0.2) is 0 Å². The van der Waals surface area contributed by atoms with Crippen molar-refractivity contribution >= 4 is 5.82 Å². The minimum absolute atomic E-state index is 0.901. The molecule has 0 unspecified atom stereocenters. The molecule has 2 aromatic carbocycles. The van der Waals surface area contributed by atoms with Crippen molar-refractivity contribution in [1.29, 1.82) is 0 Å².